The number of nitrogens with one attached hydrogen (secondary N) is 1. The maximum atomic E-state index is 13.1. The number of hydrogen-bond acceptors (Lipinski definition) is 4. The molecule has 0 radical (unpaired) electrons. The Kier molecular flexibility index (Phi) is 6.47. The number of rotatable bonds is 4. The van der Waals surface area contributed by atoms with Crippen molar-refractivity contribution in [2.24, 2.45) is 11.8 Å². The van der Waals surface area contributed by atoms with Gasteiger partial charge in [0.25, 0.3) is 5.91 Å². The molecule has 2 aromatic carbocycles. The number of carbonyl (C=O) groups is 1. The summed E-state index contributed by atoms with van der Waals surface area (Å²) in [6.07, 6.45) is 2.46. The van der Waals surface area contributed by atoms with E-state index >= 15 is 0 Å². The fourth-order valence-corrected chi connectivity index (χ4v) is 4.37. The predicted molar refractivity (Wildman–Crippen MR) is 119 cm³/mol. The van der Waals surface area contributed by atoms with Crippen LogP contribution in [0.3, 0.4) is 0 Å². The largest absolute Gasteiger partial charge is 0.457 e. The van der Waals surface area contributed by atoms with Gasteiger partial charge in [0.2, 0.25) is 0 Å². The zero-order valence-electron chi connectivity index (χ0n) is 18.3. The third-order valence-electron chi connectivity index (χ3n) is 6.06. The standard InChI is InChI=1S/C25H26F3N3O2/c1-2-21-30-23(22(24(32)31(21)29)16-7-4-3-5-8-16)17-11-13-19(14-12-17)33-20-10-6-9-18(15-20)25(26,27)28/h2,6,9-16,30H,3-5,7-8,29H2,1H3/b21-2-. The van der Waals surface area contributed by atoms with Crippen LogP contribution in [0.1, 0.15) is 50.2 Å². The molecule has 4 rings (SSSR count). The predicted octanol–water partition coefficient (Wildman–Crippen LogP) is 5.96. The van der Waals surface area contributed by atoms with Crippen LogP contribution in [0, 0.1) is 5.92 Å². The number of nitrogens with two attached hydrogens (primary N) is 1. The minimum atomic E-state index is -4.44. The van der Waals surface area contributed by atoms with E-state index in [1.54, 1.807) is 37.3 Å². The van der Waals surface area contributed by atoms with E-state index in [0.29, 0.717) is 22.8 Å². The average Bonchev–Trinajstić information content (AvgIpc) is 2.81. The van der Waals surface area contributed by atoms with Crippen LogP contribution in [0.5, 0.6) is 11.5 Å². The molecule has 1 saturated carbocycles. The van der Waals surface area contributed by atoms with E-state index in [0.717, 1.165) is 54.8 Å². The van der Waals surface area contributed by atoms with Crippen LogP contribution in [0.15, 0.2) is 66.0 Å². The molecule has 0 saturated heterocycles. The minimum Gasteiger partial charge on any atom is -0.457 e. The van der Waals surface area contributed by atoms with Crippen LogP contribution in [0.25, 0.3) is 5.70 Å². The van der Waals surface area contributed by atoms with Crippen molar-refractivity contribution in [1.29, 1.82) is 0 Å². The number of alkyl halides is 3. The summed E-state index contributed by atoms with van der Waals surface area (Å²) in [7, 11) is 0. The van der Waals surface area contributed by atoms with Gasteiger partial charge in [-0.1, -0.05) is 25.3 Å². The fourth-order valence-electron chi connectivity index (χ4n) is 4.37. The molecule has 0 unspecified atom stereocenters. The van der Waals surface area contributed by atoms with E-state index in [4.69, 9.17) is 10.6 Å². The molecule has 5 nitrogen and oxygen atoms in total. The van der Waals surface area contributed by atoms with Crippen molar-refractivity contribution in [3.05, 3.63) is 77.1 Å². The molecular formula is C25H26F3N3O2. The van der Waals surface area contributed by atoms with Gasteiger partial charge in [-0.2, -0.15) is 13.2 Å². The quantitative estimate of drug-likeness (QED) is 0.439. The van der Waals surface area contributed by atoms with E-state index in [1.165, 1.54) is 12.1 Å². The molecule has 0 aromatic heterocycles. The SMILES string of the molecule is C/C=C1/NC(c2ccc(Oc3cccc(C(F)(F)F)c3)cc2)=C(C2CCCCC2)C(=O)N1N. The zero-order chi connectivity index (χ0) is 23.6. The number of amides is 1. The molecule has 0 spiro atoms. The van der Waals surface area contributed by atoms with Crippen molar-refractivity contribution < 1.29 is 22.7 Å². The third-order valence-corrected chi connectivity index (χ3v) is 6.06. The molecule has 1 fully saturated rings. The number of hydrazine groups is 1. The Morgan fingerprint density at radius 2 is 1.76 bits per heavy atom. The summed E-state index contributed by atoms with van der Waals surface area (Å²) in [6, 6.07) is 11.7. The van der Waals surface area contributed by atoms with Gasteiger partial charge in [0.1, 0.15) is 17.3 Å². The van der Waals surface area contributed by atoms with Gasteiger partial charge in [-0.25, -0.2) is 10.9 Å². The molecule has 2 aliphatic rings. The second-order valence-electron chi connectivity index (χ2n) is 8.25. The van der Waals surface area contributed by atoms with Gasteiger partial charge in [-0.05, 0) is 79.8 Å². The van der Waals surface area contributed by atoms with Gasteiger partial charge >= 0.3 is 6.18 Å². The van der Waals surface area contributed by atoms with E-state index in [9.17, 15) is 18.0 Å². The van der Waals surface area contributed by atoms with Gasteiger partial charge in [0.05, 0.1) is 11.3 Å². The number of nitrogens with zero attached hydrogens (tertiary/aromatic N) is 1. The van der Waals surface area contributed by atoms with E-state index in [2.05, 4.69) is 5.32 Å². The highest BCUT2D eigenvalue weighted by Gasteiger charge is 2.34. The van der Waals surface area contributed by atoms with Gasteiger partial charge in [0, 0.05) is 5.57 Å². The van der Waals surface area contributed by atoms with Crippen molar-refractivity contribution in [1.82, 2.24) is 10.3 Å². The summed E-state index contributed by atoms with van der Waals surface area (Å²) >= 11 is 0. The summed E-state index contributed by atoms with van der Waals surface area (Å²) in [5.41, 5.74) is 1.41. The highest BCUT2D eigenvalue weighted by molar-refractivity contribution is 6.04. The van der Waals surface area contributed by atoms with Crippen molar-refractivity contribution in [2.45, 2.75) is 45.2 Å². The van der Waals surface area contributed by atoms with Crippen LogP contribution >= 0.6 is 0 Å². The summed E-state index contributed by atoms with van der Waals surface area (Å²) in [5, 5.41) is 4.45. The first-order chi connectivity index (χ1) is 15.8. The zero-order valence-corrected chi connectivity index (χ0v) is 18.3. The molecule has 0 bridgehead atoms. The Morgan fingerprint density at radius 1 is 1.06 bits per heavy atom. The number of allylic oxidation sites excluding steroid dienone is 1. The van der Waals surface area contributed by atoms with Gasteiger partial charge in [-0.15, -0.1) is 0 Å². The number of carbonyl (C=O) groups excluding carboxylic acids is 1. The number of hydrogen-bond donors (Lipinski definition) is 2. The van der Waals surface area contributed by atoms with E-state index < -0.39 is 11.7 Å². The number of halogens is 3. The van der Waals surface area contributed by atoms with Gasteiger partial charge < -0.3 is 10.1 Å². The van der Waals surface area contributed by atoms with Crippen LogP contribution in [0.4, 0.5) is 13.2 Å². The molecule has 174 valence electrons. The summed E-state index contributed by atoms with van der Waals surface area (Å²) < 4.78 is 44.5. The molecular weight excluding hydrogens is 431 g/mol. The van der Waals surface area contributed by atoms with E-state index in [1.807, 2.05) is 0 Å². The molecule has 1 heterocycles. The smallest absolute Gasteiger partial charge is 0.416 e. The lowest BCUT2D eigenvalue weighted by Gasteiger charge is -2.35. The Bertz CT molecular complexity index is 1080. The first-order valence-corrected chi connectivity index (χ1v) is 11.0. The Hall–Kier alpha value is -3.26. The molecule has 3 N–H and O–H groups in total. The number of benzene rings is 2. The minimum absolute atomic E-state index is 0.0978. The molecule has 1 aliphatic heterocycles. The number of ether oxygens (including phenoxy) is 1. The van der Waals surface area contributed by atoms with Crippen molar-refractivity contribution >= 4 is 11.6 Å². The van der Waals surface area contributed by atoms with Crippen molar-refractivity contribution in [2.75, 3.05) is 0 Å². The summed E-state index contributed by atoms with van der Waals surface area (Å²) in [5.74, 6) is 6.94. The molecule has 33 heavy (non-hydrogen) atoms. The first kappa shape index (κ1) is 22.9. The van der Waals surface area contributed by atoms with Crippen LogP contribution in [0.2, 0.25) is 0 Å². The average molecular weight is 457 g/mol. The summed E-state index contributed by atoms with van der Waals surface area (Å²) in [6.45, 7) is 1.80. The lowest BCUT2D eigenvalue weighted by molar-refractivity contribution is -0.137. The maximum absolute atomic E-state index is 13.1. The Labute approximate surface area is 190 Å². The van der Waals surface area contributed by atoms with Gasteiger partial charge in [-0.3, -0.25) is 4.79 Å². The molecule has 1 aliphatic carbocycles. The third kappa shape index (κ3) is 4.90. The molecule has 1 amide bonds. The second-order valence-corrected chi connectivity index (χ2v) is 8.25. The fraction of sp³-hybridized carbons (Fsp3) is 0.320. The highest BCUT2D eigenvalue weighted by Crippen LogP contribution is 2.38. The Morgan fingerprint density at radius 3 is 2.39 bits per heavy atom. The highest BCUT2D eigenvalue weighted by atomic mass is 19.4. The van der Waals surface area contributed by atoms with Crippen molar-refractivity contribution in [3.63, 3.8) is 0 Å². The molecule has 2 aromatic rings. The topological polar surface area (TPSA) is 67.6 Å². The monoisotopic (exact) mass is 457 g/mol. The van der Waals surface area contributed by atoms with E-state index in [-0.39, 0.29) is 17.6 Å². The first-order valence-electron chi connectivity index (χ1n) is 11.0. The molecule has 8 heteroatoms. The van der Waals surface area contributed by atoms with Crippen molar-refractivity contribution in [3.8, 4) is 11.5 Å². The second kappa shape index (κ2) is 9.31. The normalized spacial score (nSPS) is 19.1. The Balaban J connectivity index is 1.64. The lowest BCUT2D eigenvalue weighted by atomic mass is 9.81. The summed E-state index contributed by atoms with van der Waals surface area (Å²) in [4.78, 5) is 13.1. The maximum Gasteiger partial charge on any atom is 0.416 e. The lowest BCUT2D eigenvalue weighted by Crippen LogP contribution is -2.48. The van der Waals surface area contributed by atoms with Crippen LogP contribution in [-0.4, -0.2) is 10.9 Å². The molecule has 0 atom stereocenters. The van der Waals surface area contributed by atoms with Crippen LogP contribution < -0.4 is 15.9 Å². The van der Waals surface area contributed by atoms with Crippen LogP contribution in [-0.2, 0) is 11.0 Å². The van der Waals surface area contributed by atoms with Gasteiger partial charge in [0.15, 0.2) is 0 Å².